The molecule has 33 heavy (non-hydrogen) atoms. The Bertz CT molecular complexity index is 1210. The highest BCUT2D eigenvalue weighted by molar-refractivity contribution is 5.78. The van der Waals surface area contributed by atoms with E-state index in [9.17, 15) is 4.79 Å². The van der Waals surface area contributed by atoms with Crippen molar-refractivity contribution < 1.29 is 9.53 Å². The molecule has 3 aromatic rings. The minimum absolute atomic E-state index is 0.0115. The summed E-state index contributed by atoms with van der Waals surface area (Å²) in [6.07, 6.45) is 6.31. The summed E-state index contributed by atoms with van der Waals surface area (Å²) in [7, 11) is 0. The van der Waals surface area contributed by atoms with Crippen LogP contribution in [0, 0.1) is 17.2 Å². The van der Waals surface area contributed by atoms with Gasteiger partial charge in [-0.15, -0.1) is 0 Å². The van der Waals surface area contributed by atoms with Gasteiger partial charge >= 0.3 is 0 Å². The zero-order valence-corrected chi connectivity index (χ0v) is 19.2. The molecule has 0 radical (unpaired) electrons. The normalized spacial score (nSPS) is 22.5. The number of hydrogen-bond acceptors (Lipinski definition) is 6. The summed E-state index contributed by atoms with van der Waals surface area (Å²) in [4.78, 5) is 26.3. The highest BCUT2D eigenvalue weighted by atomic mass is 16.5. The molecular formula is C25H28N6O2. The van der Waals surface area contributed by atoms with Crippen molar-refractivity contribution in [3.8, 4) is 6.07 Å². The van der Waals surface area contributed by atoms with E-state index in [0.717, 1.165) is 23.6 Å². The molecule has 0 N–H and O–H groups in total. The monoisotopic (exact) mass is 444 g/mol. The predicted octanol–water partition coefficient (Wildman–Crippen LogP) is 2.98. The molecule has 0 aliphatic carbocycles. The standard InChI is InChI=1S/C25H28N6O2/c1-17-11-19-14-29(15-20(17)31(19)23-8-7-18(12-26)13-28-23)24(32)16-33-25(2,3)21-5-4-6-22-27-9-10-30(21)22/h4-10,13,17,19-20H,11,14-16H2,1-3H3/t17-,19?,20?/m0/s1. The van der Waals surface area contributed by atoms with Gasteiger partial charge in [-0.25, -0.2) is 9.97 Å². The minimum Gasteiger partial charge on any atom is -0.360 e. The molecule has 2 bridgehead atoms. The Balaban J connectivity index is 1.27. The fraction of sp³-hybridized carbons (Fsp3) is 0.440. The lowest BCUT2D eigenvalue weighted by molar-refractivity contribution is -0.143. The minimum atomic E-state index is -0.642. The average Bonchev–Trinajstić information content (AvgIpc) is 3.37. The summed E-state index contributed by atoms with van der Waals surface area (Å²) in [6, 6.07) is 12.2. The Hall–Kier alpha value is -3.44. The Morgan fingerprint density at radius 1 is 1.24 bits per heavy atom. The molecule has 8 heteroatoms. The average molecular weight is 445 g/mol. The highest BCUT2D eigenvalue weighted by Gasteiger charge is 2.46. The van der Waals surface area contributed by atoms with Crippen molar-refractivity contribution in [2.75, 3.05) is 24.6 Å². The first kappa shape index (κ1) is 21.4. The number of nitriles is 1. The van der Waals surface area contributed by atoms with E-state index in [0.29, 0.717) is 24.6 Å². The Morgan fingerprint density at radius 2 is 2.09 bits per heavy atom. The zero-order valence-electron chi connectivity index (χ0n) is 19.2. The Kier molecular flexibility index (Phi) is 5.29. The van der Waals surface area contributed by atoms with Crippen LogP contribution in [0.1, 0.15) is 38.4 Å². The number of nitrogens with zero attached hydrogens (tertiary/aromatic N) is 6. The van der Waals surface area contributed by atoms with Gasteiger partial charge in [-0.3, -0.25) is 4.79 Å². The second kappa shape index (κ2) is 8.16. The lowest BCUT2D eigenvalue weighted by Gasteiger charge is -2.42. The lowest BCUT2D eigenvalue weighted by Crippen LogP contribution is -2.57. The first-order valence-corrected chi connectivity index (χ1v) is 11.4. The van der Waals surface area contributed by atoms with Gasteiger partial charge in [0.2, 0.25) is 5.91 Å². The zero-order chi connectivity index (χ0) is 23.2. The van der Waals surface area contributed by atoms with Crippen LogP contribution in [-0.2, 0) is 15.1 Å². The molecule has 2 aliphatic heterocycles. The van der Waals surface area contributed by atoms with Gasteiger partial charge in [0, 0.05) is 37.7 Å². The van der Waals surface area contributed by atoms with E-state index in [-0.39, 0.29) is 24.6 Å². The summed E-state index contributed by atoms with van der Waals surface area (Å²) in [5.74, 6) is 1.35. The number of carbonyl (C=O) groups excluding carboxylic acids is 1. The summed E-state index contributed by atoms with van der Waals surface area (Å²) in [5.41, 5.74) is 1.72. The molecule has 2 saturated heterocycles. The first-order chi connectivity index (χ1) is 15.9. The van der Waals surface area contributed by atoms with Crippen LogP contribution in [-0.4, -0.2) is 57.0 Å². The molecule has 2 fully saturated rings. The SMILES string of the molecule is C[C@H]1CC2CN(C(=O)COC(C)(C)c3cccc4nccn34)CC1N2c1ccc(C#N)cn1. The molecule has 8 nitrogen and oxygen atoms in total. The number of imidazole rings is 1. The van der Waals surface area contributed by atoms with E-state index in [1.807, 2.05) is 53.6 Å². The number of piperazine rings is 1. The molecule has 0 aromatic carbocycles. The third kappa shape index (κ3) is 3.83. The topological polar surface area (TPSA) is 86.8 Å². The van der Waals surface area contributed by atoms with Gasteiger partial charge in [0.25, 0.3) is 0 Å². The van der Waals surface area contributed by atoms with Crippen LogP contribution in [0.25, 0.3) is 5.65 Å². The fourth-order valence-electron chi connectivity index (χ4n) is 5.24. The van der Waals surface area contributed by atoms with E-state index in [1.54, 1.807) is 18.5 Å². The Morgan fingerprint density at radius 3 is 2.82 bits per heavy atom. The van der Waals surface area contributed by atoms with Crippen LogP contribution in [0.4, 0.5) is 5.82 Å². The molecule has 3 atom stereocenters. The molecule has 170 valence electrons. The van der Waals surface area contributed by atoms with E-state index < -0.39 is 5.60 Å². The van der Waals surface area contributed by atoms with Crippen molar-refractivity contribution in [2.24, 2.45) is 5.92 Å². The van der Waals surface area contributed by atoms with Crippen LogP contribution < -0.4 is 4.90 Å². The largest absolute Gasteiger partial charge is 0.360 e. The number of fused-ring (bicyclic) bond motifs is 3. The van der Waals surface area contributed by atoms with Crippen LogP contribution in [0.2, 0.25) is 0 Å². The molecule has 0 saturated carbocycles. The summed E-state index contributed by atoms with van der Waals surface area (Å²) in [6.45, 7) is 7.54. The molecule has 5 heterocycles. The van der Waals surface area contributed by atoms with Gasteiger partial charge < -0.3 is 18.9 Å². The molecule has 1 amide bonds. The van der Waals surface area contributed by atoms with Crippen molar-refractivity contribution in [3.05, 3.63) is 60.2 Å². The number of likely N-dealkylation sites (tertiary alicyclic amines) is 1. The maximum Gasteiger partial charge on any atom is 0.248 e. The first-order valence-electron chi connectivity index (χ1n) is 11.4. The van der Waals surface area contributed by atoms with Gasteiger partial charge in [0.1, 0.15) is 29.7 Å². The van der Waals surface area contributed by atoms with Gasteiger partial charge in [0.15, 0.2) is 0 Å². The summed E-state index contributed by atoms with van der Waals surface area (Å²) >= 11 is 0. The number of amides is 1. The van der Waals surface area contributed by atoms with Crippen LogP contribution in [0.5, 0.6) is 0 Å². The van der Waals surface area contributed by atoms with Crippen LogP contribution >= 0.6 is 0 Å². The van der Waals surface area contributed by atoms with Crippen molar-refractivity contribution in [2.45, 2.75) is 44.9 Å². The third-order valence-corrected chi connectivity index (χ3v) is 6.99. The molecular weight excluding hydrogens is 416 g/mol. The van der Waals surface area contributed by atoms with Crippen molar-refractivity contribution in [3.63, 3.8) is 0 Å². The quantitative estimate of drug-likeness (QED) is 0.601. The summed E-state index contributed by atoms with van der Waals surface area (Å²) in [5, 5.41) is 9.05. The van der Waals surface area contributed by atoms with Crippen molar-refractivity contribution in [1.29, 1.82) is 5.26 Å². The molecule has 2 unspecified atom stereocenters. The van der Waals surface area contributed by atoms with Crippen LogP contribution in [0.15, 0.2) is 48.9 Å². The van der Waals surface area contributed by atoms with Crippen LogP contribution in [0.3, 0.4) is 0 Å². The smallest absolute Gasteiger partial charge is 0.248 e. The highest BCUT2D eigenvalue weighted by Crippen LogP contribution is 2.37. The number of aromatic nitrogens is 3. The number of pyridine rings is 2. The predicted molar refractivity (Wildman–Crippen MR) is 124 cm³/mol. The van der Waals surface area contributed by atoms with Gasteiger partial charge in [-0.05, 0) is 50.5 Å². The van der Waals surface area contributed by atoms with E-state index in [1.165, 1.54) is 0 Å². The maximum absolute atomic E-state index is 13.2. The lowest BCUT2D eigenvalue weighted by atomic mass is 10.0. The fourth-order valence-corrected chi connectivity index (χ4v) is 5.24. The van der Waals surface area contributed by atoms with E-state index in [2.05, 4.69) is 27.9 Å². The number of ether oxygens (including phenoxy) is 1. The number of hydrogen-bond donors (Lipinski definition) is 0. The second-order valence-corrected chi connectivity index (χ2v) is 9.52. The molecule has 3 aromatic heterocycles. The third-order valence-electron chi connectivity index (χ3n) is 6.99. The molecule has 0 spiro atoms. The van der Waals surface area contributed by atoms with Crippen molar-refractivity contribution in [1.82, 2.24) is 19.3 Å². The summed E-state index contributed by atoms with van der Waals surface area (Å²) < 4.78 is 8.16. The van der Waals surface area contributed by atoms with Gasteiger partial charge in [-0.2, -0.15) is 5.26 Å². The van der Waals surface area contributed by atoms with E-state index in [4.69, 9.17) is 10.00 Å². The van der Waals surface area contributed by atoms with E-state index >= 15 is 0 Å². The maximum atomic E-state index is 13.2. The Labute approximate surface area is 193 Å². The second-order valence-electron chi connectivity index (χ2n) is 9.52. The van der Waals surface area contributed by atoms with Gasteiger partial charge in [-0.1, -0.05) is 13.0 Å². The molecule has 5 rings (SSSR count). The van der Waals surface area contributed by atoms with Crippen molar-refractivity contribution >= 4 is 17.4 Å². The number of carbonyl (C=O) groups is 1. The van der Waals surface area contributed by atoms with Gasteiger partial charge in [0.05, 0.1) is 17.3 Å². The number of rotatable bonds is 5. The number of anilines is 1. The molecule has 2 aliphatic rings.